The molecule has 0 unspecified atom stereocenters. The van der Waals surface area contributed by atoms with Gasteiger partial charge in [0.25, 0.3) is 0 Å². The molecule has 3 N–H and O–H groups in total. The quantitative estimate of drug-likeness (QED) is 0.279. The summed E-state index contributed by atoms with van der Waals surface area (Å²) in [4.78, 5) is 0. The zero-order chi connectivity index (χ0) is 14.4. The maximum atomic E-state index is 8.83. The normalized spacial score (nSPS) is 11.8. The number of nitrogens with two attached hydrogens (primary N) is 1. The fraction of sp³-hybridized carbons (Fsp3) is 0.267. The molecule has 0 spiro atoms. The molecule has 0 fully saturated rings. The monoisotopic (exact) mass is 274 g/mol. The fourth-order valence-corrected chi connectivity index (χ4v) is 2.03. The number of rotatable bonds is 6. The molecule has 0 aliphatic heterocycles. The van der Waals surface area contributed by atoms with Crippen molar-refractivity contribution in [3.05, 3.63) is 42.0 Å². The van der Waals surface area contributed by atoms with Gasteiger partial charge in [0.15, 0.2) is 5.84 Å². The summed E-state index contributed by atoms with van der Waals surface area (Å²) in [7, 11) is 0. The molecule has 2 aromatic rings. The first-order chi connectivity index (χ1) is 9.77. The highest BCUT2D eigenvalue weighted by atomic mass is 16.5. The first kappa shape index (κ1) is 14.1. The summed E-state index contributed by atoms with van der Waals surface area (Å²) in [6.45, 7) is 3.65. The third-order valence-electron chi connectivity index (χ3n) is 2.96. The fourth-order valence-electron chi connectivity index (χ4n) is 2.03. The van der Waals surface area contributed by atoms with Gasteiger partial charge in [0.05, 0.1) is 6.61 Å². The van der Waals surface area contributed by atoms with Gasteiger partial charge < -0.3 is 20.4 Å². The summed E-state index contributed by atoms with van der Waals surface area (Å²) in [6.07, 6.45) is 0. The van der Waals surface area contributed by atoms with Gasteiger partial charge in [-0.25, -0.2) is 0 Å². The lowest BCUT2D eigenvalue weighted by atomic mass is 10.0. The van der Waals surface area contributed by atoms with E-state index in [2.05, 4.69) is 5.16 Å². The van der Waals surface area contributed by atoms with Crippen LogP contribution < -0.4 is 10.5 Å². The van der Waals surface area contributed by atoms with Crippen molar-refractivity contribution >= 4 is 16.6 Å². The van der Waals surface area contributed by atoms with Gasteiger partial charge in [0.1, 0.15) is 12.4 Å². The Morgan fingerprint density at radius 2 is 1.90 bits per heavy atom. The van der Waals surface area contributed by atoms with Crippen LogP contribution in [0.3, 0.4) is 0 Å². The zero-order valence-corrected chi connectivity index (χ0v) is 11.4. The molecule has 5 nitrogen and oxygen atoms in total. The van der Waals surface area contributed by atoms with Crippen molar-refractivity contribution in [3.8, 4) is 5.75 Å². The number of benzene rings is 2. The number of oxime groups is 1. The number of hydrogen-bond donors (Lipinski definition) is 2. The van der Waals surface area contributed by atoms with E-state index in [1.165, 1.54) is 0 Å². The Morgan fingerprint density at radius 1 is 1.15 bits per heavy atom. The molecule has 0 aromatic heterocycles. The minimum Gasteiger partial charge on any atom is -0.491 e. The van der Waals surface area contributed by atoms with Crippen molar-refractivity contribution in [1.82, 2.24) is 0 Å². The summed E-state index contributed by atoms with van der Waals surface area (Å²) in [6, 6.07) is 11.3. The predicted molar refractivity (Wildman–Crippen MR) is 78.4 cm³/mol. The highest BCUT2D eigenvalue weighted by Crippen LogP contribution is 2.28. The first-order valence-electron chi connectivity index (χ1n) is 6.48. The Kier molecular flexibility index (Phi) is 4.79. The van der Waals surface area contributed by atoms with E-state index < -0.39 is 0 Å². The summed E-state index contributed by atoms with van der Waals surface area (Å²) in [5, 5.41) is 13.7. The van der Waals surface area contributed by atoms with Gasteiger partial charge in [0.2, 0.25) is 0 Å². The molecule has 2 rings (SSSR count). The number of hydrogen-bond acceptors (Lipinski definition) is 4. The highest BCUT2D eigenvalue weighted by Gasteiger charge is 2.09. The molecule has 0 saturated carbocycles. The molecule has 106 valence electrons. The van der Waals surface area contributed by atoms with Crippen molar-refractivity contribution in [1.29, 1.82) is 0 Å². The van der Waals surface area contributed by atoms with E-state index in [1.807, 2.05) is 37.3 Å². The average Bonchev–Trinajstić information content (AvgIpc) is 2.50. The Hall–Kier alpha value is -2.27. The minimum absolute atomic E-state index is 0.0852. The molecule has 0 heterocycles. The lowest BCUT2D eigenvalue weighted by molar-refractivity contribution is 0.111. The molecular formula is C15H18N2O3. The predicted octanol–water partition coefficient (Wildman–Crippen LogP) is 2.35. The average molecular weight is 274 g/mol. The number of fused-ring (bicyclic) bond motifs is 1. The van der Waals surface area contributed by atoms with Crippen molar-refractivity contribution in [3.63, 3.8) is 0 Å². The van der Waals surface area contributed by atoms with Crippen LogP contribution >= 0.6 is 0 Å². The second-order valence-electron chi connectivity index (χ2n) is 4.19. The summed E-state index contributed by atoms with van der Waals surface area (Å²) in [5.41, 5.74) is 6.37. The third-order valence-corrected chi connectivity index (χ3v) is 2.96. The summed E-state index contributed by atoms with van der Waals surface area (Å²) < 4.78 is 11.0. The lowest BCUT2D eigenvalue weighted by Gasteiger charge is -2.12. The first-order valence-corrected chi connectivity index (χ1v) is 6.48. The molecule has 0 radical (unpaired) electrons. The van der Waals surface area contributed by atoms with E-state index in [0.717, 1.165) is 16.5 Å². The van der Waals surface area contributed by atoms with Crippen LogP contribution in [0, 0.1) is 0 Å². The van der Waals surface area contributed by atoms with Gasteiger partial charge in [0, 0.05) is 17.6 Å². The molecule has 20 heavy (non-hydrogen) atoms. The maximum Gasteiger partial charge on any atom is 0.170 e. The Morgan fingerprint density at radius 3 is 2.60 bits per heavy atom. The van der Waals surface area contributed by atoms with Crippen LogP contribution in [-0.2, 0) is 4.74 Å². The van der Waals surface area contributed by atoms with E-state index in [1.54, 1.807) is 6.07 Å². The Labute approximate surface area is 117 Å². The molecular weight excluding hydrogens is 256 g/mol. The van der Waals surface area contributed by atoms with E-state index in [0.29, 0.717) is 25.4 Å². The van der Waals surface area contributed by atoms with Gasteiger partial charge in [-0.2, -0.15) is 0 Å². The maximum absolute atomic E-state index is 8.83. The number of nitrogens with zero attached hydrogens (tertiary/aromatic N) is 1. The van der Waals surface area contributed by atoms with Crippen LogP contribution in [-0.4, -0.2) is 30.9 Å². The summed E-state index contributed by atoms with van der Waals surface area (Å²) in [5.74, 6) is 0.844. The zero-order valence-electron chi connectivity index (χ0n) is 11.4. The number of ether oxygens (including phenoxy) is 2. The molecule has 0 aliphatic carbocycles. The van der Waals surface area contributed by atoms with Crippen molar-refractivity contribution in [2.75, 3.05) is 19.8 Å². The van der Waals surface area contributed by atoms with Gasteiger partial charge in [-0.15, -0.1) is 0 Å². The van der Waals surface area contributed by atoms with Gasteiger partial charge >= 0.3 is 0 Å². The standard InChI is InChI=1S/C15H18N2O3/c1-2-19-9-10-20-14-8-7-13(15(16)17-18)11-5-3-4-6-12(11)14/h3-8,18H,2,9-10H2,1H3,(H2,16,17). The van der Waals surface area contributed by atoms with E-state index in [-0.39, 0.29) is 5.84 Å². The summed E-state index contributed by atoms with van der Waals surface area (Å²) >= 11 is 0. The van der Waals surface area contributed by atoms with Crippen LogP contribution in [0.25, 0.3) is 10.8 Å². The van der Waals surface area contributed by atoms with E-state index >= 15 is 0 Å². The topological polar surface area (TPSA) is 77.1 Å². The third kappa shape index (κ3) is 3.00. The van der Waals surface area contributed by atoms with Gasteiger partial charge in [-0.1, -0.05) is 29.4 Å². The lowest BCUT2D eigenvalue weighted by Crippen LogP contribution is -2.14. The minimum atomic E-state index is 0.0852. The smallest absolute Gasteiger partial charge is 0.170 e. The van der Waals surface area contributed by atoms with Crippen LogP contribution in [0.2, 0.25) is 0 Å². The Bertz CT molecular complexity index is 611. The molecule has 5 heteroatoms. The van der Waals surface area contributed by atoms with Crippen LogP contribution in [0.1, 0.15) is 12.5 Å². The van der Waals surface area contributed by atoms with Crippen molar-refractivity contribution in [2.45, 2.75) is 6.92 Å². The second-order valence-corrected chi connectivity index (χ2v) is 4.19. The van der Waals surface area contributed by atoms with Crippen LogP contribution in [0.15, 0.2) is 41.6 Å². The van der Waals surface area contributed by atoms with Gasteiger partial charge in [-0.3, -0.25) is 0 Å². The van der Waals surface area contributed by atoms with Crippen LogP contribution in [0.4, 0.5) is 0 Å². The SMILES string of the molecule is CCOCCOc1ccc(/C(N)=N/O)c2ccccc12. The van der Waals surface area contributed by atoms with Crippen molar-refractivity contribution < 1.29 is 14.7 Å². The number of amidine groups is 1. The highest BCUT2D eigenvalue weighted by molar-refractivity contribution is 6.10. The van der Waals surface area contributed by atoms with Crippen molar-refractivity contribution in [2.24, 2.45) is 10.9 Å². The molecule has 0 saturated heterocycles. The second kappa shape index (κ2) is 6.77. The Balaban J connectivity index is 2.34. The van der Waals surface area contributed by atoms with E-state index in [4.69, 9.17) is 20.4 Å². The molecule has 0 atom stereocenters. The van der Waals surface area contributed by atoms with E-state index in [9.17, 15) is 0 Å². The molecule has 2 aromatic carbocycles. The van der Waals surface area contributed by atoms with Crippen LogP contribution in [0.5, 0.6) is 5.75 Å². The molecule has 0 amide bonds. The molecule has 0 bridgehead atoms. The van der Waals surface area contributed by atoms with Gasteiger partial charge in [-0.05, 0) is 24.4 Å². The largest absolute Gasteiger partial charge is 0.491 e. The molecule has 0 aliphatic rings.